The van der Waals surface area contributed by atoms with Crippen LogP contribution in [0.15, 0.2) is 48.5 Å². The topological polar surface area (TPSA) is 51.2 Å². The summed E-state index contributed by atoms with van der Waals surface area (Å²) >= 11 is 12.2. The van der Waals surface area contributed by atoms with Gasteiger partial charge in [-0.05, 0) is 36.6 Å². The van der Waals surface area contributed by atoms with Gasteiger partial charge in [0, 0.05) is 33.3 Å². The second-order valence-corrected chi connectivity index (χ2v) is 9.52. The van der Waals surface area contributed by atoms with Crippen molar-refractivity contribution >= 4 is 29.1 Å². The van der Waals surface area contributed by atoms with E-state index in [0.717, 1.165) is 37.2 Å². The van der Waals surface area contributed by atoms with Gasteiger partial charge in [0.25, 0.3) is 0 Å². The van der Waals surface area contributed by atoms with Crippen LogP contribution in [0.4, 0.5) is 0 Å². The molecule has 0 N–H and O–H groups in total. The number of ether oxygens (including phenoxy) is 3. The molecule has 35 heavy (non-hydrogen) atoms. The highest BCUT2D eigenvalue weighted by molar-refractivity contribution is 6.42. The first-order valence-corrected chi connectivity index (χ1v) is 13.0. The largest absolute Gasteiger partial charge is 0.379 e. The van der Waals surface area contributed by atoms with E-state index >= 15 is 0 Å². The van der Waals surface area contributed by atoms with Gasteiger partial charge in [-0.2, -0.15) is 0 Å². The molecule has 192 valence electrons. The highest BCUT2D eigenvalue weighted by atomic mass is 35.5. The predicted molar refractivity (Wildman–Crippen MR) is 140 cm³/mol. The SMILES string of the molecule is CCOCCOCCO[C@H]1CCN(C[C@H](c2ccccc2)N(C)C(=O)Cc2ccc(Cl)c(Cl)c2)C1. The molecule has 1 aliphatic heterocycles. The second-order valence-electron chi connectivity index (χ2n) is 8.71. The lowest BCUT2D eigenvalue weighted by Crippen LogP contribution is -2.39. The fourth-order valence-electron chi connectivity index (χ4n) is 4.23. The van der Waals surface area contributed by atoms with Crippen molar-refractivity contribution in [2.45, 2.75) is 31.9 Å². The minimum atomic E-state index is -0.0629. The number of hydrogen-bond donors (Lipinski definition) is 0. The minimum Gasteiger partial charge on any atom is -0.379 e. The van der Waals surface area contributed by atoms with E-state index in [0.29, 0.717) is 43.1 Å². The Morgan fingerprint density at radius 2 is 1.80 bits per heavy atom. The molecular weight excluding hydrogens is 487 g/mol. The van der Waals surface area contributed by atoms with Crippen LogP contribution >= 0.6 is 23.2 Å². The van der Waals surface area contributed by atoms with Crippen LogP contribution < -0.4 is 0 Å². The molecule has 1 saturated heterocycles. The Morgan fingerprint density at radius 1 is 1.06 bits per heavy atom. The second kappa shape index (κ2) is 14.8. The van der Waals surface area contributed by atoms with Crippen LogP contribution in [0.25, 0.3) is 0 Å². The van der Waals surface area contributed by atoms with Crippen LogP contribution in [0.3, 0.4) is 0 Å². The van der Waals surface area contributed by atoms with E-state index in [1.165, 1.54) is 0 Å². The van der Waals surface area contributed by atoms with Crippen molar-refractivity contribution in [1.82, 2.24) is 9.80 Å². The lowest BCUT2D eigenvalue weighted by Gasteiger charge is -2.32. The summed E-state index contributed by atoms with van der Waals surface area (Å²) in [6.45, 7) is 7.57. The smallest absolute Gasteiger partial charge is 0.227 e. The van der Waals surface area contributed by atoms with Crippen molar-refractivity contribution in [3.05, 3.63) is 69.7 Å². The van der Waals surface area contributed by atoms with Gasteiger partial charge in [-0.3, -0.25) is 9.69 Å². The summed E-state index contributed by atoms with van der Waals surface area (Å²) < 4.78 is 16.8. The molecule has 1 aliphatic rings. The van der Waals surface area contributed by atoms with Crippen molar-refractivity contribution in [2.75, 3.05) is 59.7 Å². The van der Waals surface area contributed by atoms with Gasteiger partial charge in [0.15, 0.2) is 0 Å². The van der Waals surface area contributed by atoms with Gasteiger partial charge in [-0.1, -0.05) is 59.6 Å². The Morgan fingerprint density at radius 3 is 2.54 bits per heavy atom. The number of nitrogens with zero attached hydrogens (tertiary/aromatic N) is 2. The van der Waals surface area contributed by atoms with Crippen molar-refractivity contribution in [3.63, 3.8) is 0 Å². The normalized spacial score (nSPS) is 17.0. The van der Waals surface area contributed by atoms with E-state index in [-0.39, 0.29) is 24.5 Å². The van der Waals surface area contributed by atoms with Gasteiger partial charge in [-0.15, -0.1) is 0 Å². The van der Waals surface area contributed by atoms with Gasteiger partial charge in [-0.25, -0.2) is 0 Å². The number of halogens is 2. The maximum absolute atomic E-state index is 13.2. The Labute approximate surface area is 219 Å². The zero-order valence-corrected chi connectivity index (χ0v) is 22.1. The molecule has 1 heterocycles. The monoisotopic (exact) mass is 522 g/mol. The molecule has 8 heteroatoms. The van der Waals surface area contributed by atoms with Crippen LogP contribution in [0, 0.1) is 0 Å². The molecule has 2 aromatic rings. The molecule has 0 bridgehead atoms. The zero-order valence-electron chi connectivity index (χ0n) is 20.6. The number of amides is 1. The molecule has 1 amide bonds. The molecule has 6 nitrogen and oxygen atoms in total. The van der Waals surface area contributed by atoms with Crippen LogP contribution in [-0.4, -0.2) is 81.5 Å². The van der Waals surface area contributed by atoms with Gasteiger partial charge in [0.05, 0.1) is 55.0 Å². The van der Waals surface area contributed by atoms with Crippen LogP contribution in [-0.2, 0) is 25.4 Å². The number of benzene rings is 2. The first-order chi connectivity index (χ1) is 17.0. The molecular formula is C27H36Cl2N2O4. The van der Waals surface area contributed by atoms with Crippen molar-refractivity contribution in [2.24, 2.45) is 0 Å². The number of likely N-dealkylation sites (tertiary alicyclic amines) is 1. The third kappa shape index (κ3) is 9.05. The summed E-state index contributed by atoms with van der Waals surface area (Å²) in [7, 11) is 1.88. The summed E-state index contributed by atoms with van der Waals surface area (Å²) in [5.74, 6) is 0.0356. The van der Waals surface area contributed by atoms with Crippen LogP contribution in [0.2, 0.25) is 10.0 Å². The molecule has 2 aromatic carbocycles. The zero-order chi connectivity index (χ0) is 25.0. The molecule has 0 aromatic heterocycles. The highest BCUT2D eigenvalue weighted by Gasteiger charge is 2.29. The molecule has 2 atom stereocenters. The third-order valence-corrected chi connectivity index (χ3v) is 6.94. The summed E-state index contributed by atoms with van der Waals surface area (Å²) in [6, 6.07) is 15.5. The molecule has 0 unspecified atom stereocenters. The maximum atomic E-state index is 13.2. The first-order valence-electron chi connectivity index (χ1n) is 12.2. The Kier molecular flexibility index (Phi) is 11.8. The molecule has 0 radical (unpaired) electrons. The maximum Gasteiger partial charge on any atom is 0.227 e. The third-order valence-electron chi connectivity index (χ3n) is 6.20. The fourth-order valence-corrected chi connectivity index (χ4v) is 4.55. The van der Waals surface area contributed by atoms with E-state index in [1.54, 1.807) is 12.1 Å². The van der Waals surface area contributed by atoms with Gasteiger partial charge >= 0.3 is 0 Å². The van der Waals surface area contributed by atoms with Gasteiger partial charge in [0.1, 0.15) is 0 Å². The molecule has 0 spiro atoms. The van der Waals surface area contributed by atoms with Crippen LogP contribution in [0.5, 0.6) is 0 Å². The molecule has 0 saturated carbocycles. The number of carbonyl (C=O) groups excluding carboxylic acids is 1. The van der Waals surface area contributed by atoms with Crippen molar-refractivity contribution in [3.8, 4) is 0 Å². The minimum absolute atomic E-state index is 0.0356. The first kappa shape index (κ1) is 27.9. The lowest BCUT2D eigenvalue weighted by molar-refractivity contribution is -0.131. The van der Waals surface area contributed by atoms with E-state index in [2.05, 4.69) is 17.0 Å². The summed E-state index contributed by atoms with van der Waals surface area (Å²) in [5.41, 5.74) is 1.96. The molecule has 1 fully saturated rings. The quantitative estimate of drug-likeness (QED) is 0.331. The van der Waals surface area contributed by atoms with E-state index < -0.39 is 0 Å². The summed E-state index contributed by atoms with van der Waals surface area (Å²) in [5, 5.41) is 0.947. The van der Waals surface area contributed by atoms with Crippen molar-refractivity contribution < 1.29 is 19.0 Å². The molecule has 3 rings (SSSR count). The Bertz CT molecular complexity index is 915. The average molecular weight is 524 g/mol. The van der Waals surface area contributed by atoms with E-state index in [1.807, 2.05) is 43.1 Å². The Balaban J connectivity index is 1.54. The standard InChI is InChI=1S/C27H36Cl2N2O4/c1-3-33-13-14-34-15-16-35-23-11-12-31(19-23)20-26(22-7-5-4-6-8-22)30(2)27(32)18-21-9-10-24(28)25(29)17-21/h4-10,17,23,26H,3,11-16,18-20H2,1-2H3/t23-,26+/m0/s1. The van der Waals surface area contributed by atoms with E-state index in [9.17, 15) is 4.79 Å². The predicted octanol–water partition coefficient (Wildman–Crippen LogP) is 4.88. The summed E-state index contributed by atoms with van der Waals surface area (Å²) in [6.07, 6.45) is 1.42. The fraction of sp³-hybridized carbons (Fsp3) is 0.519. The van der Waals surface area contributed by atoms with Crippen molar-refractivity contribution in [1.29, 1.82) is 0 Å². The molecule has 0 aliphatic carbocycles. The Hall–Kier alpha value is -1.67. The number of hydrogen-bond acceptors (Lipinski definition) is 5. The summed E-state index contributed by atoms with van der Waals surface area (Å²) in [4.78, 5) is 17.4. The number of rotatable bonds is 14. The van der Waals surface area contributed by atoms with Gasteiger partial charge < -0.3 is 19.1 Å². The van der Waals surface area contributed by atoms with Gasteiger partial charge in [0.2, 0.25) is 5.91 Å². The van der Waals surface area contributed by atoms with Crippen LogP contribution in [0.1, 0.15) is 30.5 Å². The number of carbonyl (C=O) groups is 1. The number of likely N-dealkylation sites (N-methyl/N-ethyl adjacent to an activating group) is 1. The lowest BCUT2D eigenvalue weighted by atomic mass is 10.0. The van der Waals surface area contributed by atoms with E-state index in [4.69, 9.17) is 37.4 Å². The highest BCUT2D eigenvalue weighted by Crippen LogP contribution is 2.26. The average Bonchev–Trinajstić information content (AvgIpc) is 3.31.